The van der Waals surface area contributed by atoms with Crippen LogP contribution in [0.5, 0.6) is 0 Å². The van der Waals surface area contributed by atoms with Gasteiger partial charge in [0.25, 0.3) is 0 Å². The molecular weight excluding hydrogens is 274 g/mol. The Hall–Kier alpha value is -2.41. The summed E-state index contributed by atoms with van der Waals surface area (Å²) < 4.78 is 1.91. The number of aliphatic carboxylic acids is 1. The number of carboxylic acids is 1. The first-order valence-electron chi connectivity index (χ1n) is 6.58. The first-order chi connectivity index (χ1) is 10.0. The predicted molar refractivity (Wildman–Crippen MR) is 74.9 cm³/mol. The van der Waals surface area contributed by atoms with Crippen molar-refractivity contribution in [1.82, 2.24) is 14.7 Å². The Morgan fingerprint density at radius 2 is 2.19 bits per heavy atom. The van der Waals surface area contributed by atoms with Gasteiger partial charge in [-0.2, -0.15) is 0 Å². The Balaban J connectivity index is 2.03. The first-order valence-corrected chi connectivity index (χ1v) is 6.58. The van der Waals surface area contributed by atoms with Gasteiger partial charge in [-0.05, 0) is 25.5 Å². The molecule has 1 atom stereocenters. The number of nitrogens with one attached hydrogen (secondary N) is 1. The normalized spacial score (nSPS) is 12.3. The van der Waals surface area contributed by atoms with E-state index in [2.05, 4.69) is 10.3 Å². The van der Waals surface area contributed by atoms with Crippen molar-refractivity contribution >= 4 is 17.5 Å². The number of carbonyl (C=O) groups is 2. The van der Waals surface area contributed by atoms with Gasteiger partial charge in [-0.3, -0.25) is 4.79 Å². The maximum absolute atomic E-state index is 11.7. The zero-order valence-corrected chi connectivity index (χ0v) is 11.6. The molecule has 0 fully saturated rings. The van der Waals surface area contributed by atoms with Crippen LogP contribution in [0.3, 0.4) is 0 Å². The van der Waals surface area contributed by atoms with Gasteiger partial charge in [0.1, 0.15) is 11.7 Å². The number of aliphatic hydroxyl groups is 1. The van der Waals surface area contributed by atoms with E-state index < -0.39 is 24.5 Å². The minimum Gasteiger partial charge on any atom is -0.480 e. The molecule has 0 aliphatic rings. The third-order valence-electron chi connectivity index (χ3n) is 3.23. The number of rotatable bonds is 6. The minimum absolute atomic E-state index is 0.132. The van der Waals surface area contributed by atoms with Gasteiger partial charge in [-0.1, -0.05) is 6.07 Å². The second kappa shape index (κ2) is 6.36. The van der Waals surface area contributed by atoms with Crippen LogP contribution >= 0.6 is 0 Å². The summed E-state index contributed by atoms with van der Waals surface area (Å²) in [5.74, 6) is -1.67. The maximum Gasteiger partial charge on any atom is 0.328 e. The fourth-order valence-corrected chi connectivity index (χ4v) is 2.15. The molecule has 112 valence electrons. The van der Waals surface area contributed by atoms with Crippen molar-refractivity contribution in [2.24, 2.45) is 0 Å². The number of imidazole rings is 1. The van der Waals surface area contributed by atoms with Crippen molar-refractivity contribution in [3.05, 3.63) is 35.8 Å². The molecule has 3 N–H and O–H groups in total. The highest BCUT2D eigenvalue weighted by molar-refractivity contribution is 5.83. The van der Waals surface area contributed by atoms with Crippen molar-refractivity contribution in [1.29, 1.82) is 0 Å². The number of nitrogens with zero attached hydrogens (tertiary/aromatic N) is 2. The molecule has 0 spiro atoms. The minimum atomic E-state index is -1.26. The zero-order valence-electron chi connectivity index (χ0n) is 11.6. The van der Waals surface area contributed by atoms with Crippen molar-refractivity contribution < 1.29 is 19.8 Å². The fraction of sp³-hybridized carbons (Fsp3) is 0.357. The number of amides is 1. The topological polar surface area (TPSA) is 104 Å². The zero-order chi connectivity index (χ0) is 15.4. The summed E-state index contributed by atoms with van der Waals surface area (Å²) in [6.07, 6.45) is 2.45. The molecule has 0 bridgehead atoms. The molecule has 21 heavy (non-hydrogen) atoms. The number of fused-ring (bicyclic) bond motifs is 1. The Morgan fingerprint density at radius 3 is 2.86 bits per heavy atom. The standard InChI is InChI=1S/C14H17N3O4/c1-9-11(17-7-3-2-4-12(17)15-9)5-6-13(19)16-10(8-18)14(20)21/h2-4,7,10,18H,5-6,8H2,1H3,(H,16,19)(H,20,21). The smallest absolute Gasteiger partial charge is 0.328 e. The summed E-state index contributed by atoms with van der Waals surface area (Å²) in [4.78, 5) is 26.9. The van der Waals surface area contributed by atoms with E-state index >= 15 is 0 Å². The number of pyridine rings is 1. The molecule has 0 aliphatic carbocycles. The molecule has 0 saturated heterocycles. The Bertz CT molecular complexity index is 665. The lowest BCUT2D eigenvalue weighted by Gasteiger charge is -2.11. The summed E-state index contributed by atoms with van der Waals surface area (Å²) in [7, 11) is 0. The third kappa shape index (κ3) is 3.38. The lowest BCUT2D eigenvalue weighted by molar-refractivity contribution is -0.142. The highest BCUT2D eigenvalue weighted by atomic mass is 16.4. The van der Waals surface area contributed by atoms with Crippen LogP contribution in [0.15, 0.2) is 24.4 Å². The van der Waals surface area contributed by atoms with E-state index in [1.807, 2.05) is 35.7 Å². The molecule has 7 nitrogen and oxygen atoms in total. The first kappa shape index (κ1) is 15.0. The van der Waals surface area contributed by atoms with Crippen LogP contribution in [0, 0.1) is 6.92 Å². The summed E-state index contributed by atoms with van der Waals surface area (Å²) in [5.41, 5.74) is 2.56. The van der Waals surface area contributed by atoms with Crippen LogP contribution in [0.1, 0.15) is 17.8 Å². The number of carbonyl (C=O) groups excluding carboxylic acids is 1. The largest absolute Gasteiger partial charge is 0.480 e. The summed E-state index contributed by atoms with van der Waals surface area (Å²) in [6.45, 7) is 1.24. The summed E-state index contributed by atoms with van der Waals surface area (Å²) >= 11 is 0. The molecule has 1 amide bonds. The average Bonchev–Trinajstić information content (AvgIpc) is 2.77. The summed E-state index contributed by atoms with van der Waals surface area (Å²) in [6, 6.07) is 4.38. The number of carboxylic acid groups (broad SMARTS) is 1. The highest BCUT2D eigenvalue weighted by Crippen LogP contribution is 2.13. The van der Waals surface area contributed by atoms with Crippen LogP contribution in [0.4, 0.5) is 0 Å². The monoisotopic (exact) mass is 291 g/mol. The van der Waals surface area contributed by atoms with Gasteiger partial charge in [0.2, 0.25) is 5.91 Å². The predicted octanol–water partition coefficient (Wildman–Crippen LogP) is 0.137. The van der Waals surface area contributed by atoms with Gasteiger partial charge in [0.15, 0.2) is 0 Å². The molecule has 0 saturated carbocycles. The Morgan fingerprint density at radius 1 is 1.43 bits per heavy atom. The van der Waals surface area contributed by atoms with Crippen molar-refractivity contribution in [3.63, 3.8) is 0 Å². The van der Waals surface area contributed by atoms with E-state index in [0.29, 0.717) is 6.42 Å². The maximum atomic E-state index is 11.7. The lowest BCUT2D eigenvalue weighted by atomic mass is 10.2. The van der Waals surface area contributed by atoms with E-state index in [0.717, 1.165) is 17.0 Å². The van der Waals surface area contributed by atoms with Crippen LogP contribution in [0.25, 0.3) is 5.65 Å². The van der Waals surface area contributed by atoms with Crippen LogP contribution in [0.2, 0.25) is 0 Å². The second-order valence-corrected chi connectivity index (χ2v) is 4.71. The highest BCUT2D eigenvalue weighted by Gasteiger charge is 2.19. The lowest BCUT2D eigenvalue weighted by Crippen LogP contribution is -2.43. The quantitative estimate of drug-likeness (QED) is 0.702. The number of hydrogen-bond acceptors (Lipinski definition) is 4. The average molecular weight is 291 g/mol. The van der Waals surface area contributed by atoms with Crippen LogP contribution in [-0.4, -0.2) is 44.1 Å². The van der Waals surface area contributed by atoms with Gasteiger partial charge in [0.05, 0.1) is 12.3 Å². The third-order valence-corrected chi connectivity index (χ3v) is 3.23. The molecule has 0 aromatic carbocycles. The van der Waals surface area contributed by atoms with Crippen molar-refractivity contribution in [2.45, 2.75) is 25.8 Å². The number of aryl methyl sites for hydroxylation is 2. The molecule has 0 radical (unpaired) electrons. The molecule has 0 aliphatic heterocycles. The molecule has 2 aromatic rings. The van der Waals surface area contributed by atoms with E-state index in [1.54, 1.807) is 0 Å². The van der Waals surface area contributed by atoms with E-state index in [-0.39, 0.29) is 6.42 Å². The second-order valence-electron chi connectivity index (χ2n) is 4.71. The molecule has 2 rings (SSSR count). The summed E-state index contributed by atoms with van der Waals surface area (Å²) in [5, 5.41) is 19.9. The number of aromatic nitrogens is 2. The fourth-order valence-electron chi connectivity index (χ4n) is 2.15. The molecule has 2 aromatic heterocycles. The molecule has 2 heterocycles. The number of aliphatic hydroxyl groups excluding tert-OH is 1. The number of hydrogen-bond donors (Lipinski definition) is 3. The van der Waals surface area contributed by atoms with Gasteiger partial charge in [-0.15, -0.1) is 0 Å². The van der Waals surface area contributed by atoms with Gasteiger partial charge in [0, 0.05) is 18.3 Å². The van der Waals surface area contributed by atoms with Gasteiger partial charge in [-0.25, -0.2) is 9.78 Å². The van der Waals surface area contributed by atoms with Gasteiger partial charge < -0.3 is 19.9 Å². The molecular formula is C14H17N3O4. The van der Waals surface area contributed by atoms with E-state index in [1.165, 1.54) is 0 Å². The molecule has 7 heteroatoms. The SMILES string of the molecule is Cc1nc2ccccn2c1CCC(=O)NC(CO)C(=O)O. The Labute approximate surface area is 121 Å². The molecule has 1 unspecified atom stereocenters. The van der Waals surface area contributed by atoms with Crippen LogP contribution in [-0.2, 0) is 16.0 Å². The van der Waals surface area contributed by atoms with Gasteiger partial charge >= 0.3 is 5.97 Å². The van der Waals surface area contributed by atoms with E-state index in [9.17, 15) is 9.59 Å². The van der Waals surface area contributed by atoms with Crippen molar-refractivity contribution in [2.75, 3.05) is 6.61 Å². The van der Waals surface area contributed by atoms with Crippen molar-refractivity contribution in [3.8, 4) is 0 Å². The Kier molecular flexibility index (Phi) is 4.54. The van der Waals surface area contributed by atoms with E-state index in [4.69, 9.17) is 10.2 Å². The van der Waals surface area contributed by atoms with Crippen LogP contribution < -0.4 is 5.32 Å².